The van der Waals surface area contributed by atoms with E-state index < -0.39 is 41.6 Å². The minimum Gasteiger partial charge on any atom is -0.414 e. The van der Waals surface area contributed by atoms with Gasteiger partial charge in [0.2, 0.25) is 0 Å². The van der Waals surface area contributed by atoms with Crippen molar-refractivity contribution in [2.45, 2.75) is 102 Å². The smallest absolute Gasteiger partial charge is 0.335 e. The number of benzene rings is 1. The first-order chi connectivity index (χ1) is 19.5. The van der Waals surface area contributed by atoms with Gasteiger partial charge in [0.15, 0.2) is 11.5 Å². The normalized spacial score (nSPS) is 25.7. The van der Waals surface area contributed by atoms with Gasteiger partial charge in [-0.05, 0) is 33.3 Å². The molecule has 0 saturated carbocycles. The summed E-state index contributed by atoms with van der Waals surface area (Å²) in [5, 5.41) is 14.0. The fraction of sp³-hybridized carbons (Fsp3) is 0.607. The summed E-state index contributed by atoms with van der Waals surface area (Å²) in [7, 11) is -5.75. The van der Waals surface area contributed by atoms with E-state index in [2.05, 4.69) is 81.5 Å². The lowest BCUT2D eigenvalue weighted by atomic mass is 10.1. The van der Waals surface area contributed by atoms with Crippen LogP contribution in [-0.4, -0.2) is 57.7 Å². The van der Waals surface area contributed by atoms with Crippen LogP contribution in [0.15, 0.2) is 46.8 Å². The van der Waals surface area contributed by atoms with Crippen molar-refractivity contribution in [2.75, 3.05) is 6.61 Å². The Balaban J connectivity index is 1.82. The molecular weight excluding hydrogens is 555 g/mol. The number of ether oxygens (including phenoxy) is 1. The van der Waals surface area contributed by atoms with E-state index in [0.29, 0.717) is 5.82 Å². The van der Waals surface area contributed by atoms with Crippen LogP contribution in [0.5, 0.6) is 0 Å². The molecule has 0 spiro atoms. The third kappa shape index (κ3) is 5.78. The van der Waals surface area contributed by atoms with Gasteiger partial charge in [-0.2, -0.15) is 5.26 Å². The number of nitrogens with zero attached hydrogens (tertiary/aromatic N) is 7. The summed E-state index contributed by atoms with van der Waals surface area (Å²) in [6, 6.07) is 10.9. The number of fused-ring (bicyclic) bond motifs is 1. The monoisotopic (exact) mass is 595 g/mol. The van der Waals surface area contributed by atoms with Crippen molar-refractivity contribution in [3.63, 3.8) is 0 Å². The highest BCUT2D eigenvalue weighted by molar-refractivity contribution is 6.84. The molecule has 0 N–H and O–H groups in total. The molecule has 0 radical (unpaired) electrons. The molecule has 2 aliphatic rings. The first-order valence-electron chi connectivity index (χ1n) is 14.3. The molecule has 0 unspecified atom stereocenters. The van der Waals surface area contributed by atoms with Gasteiger partial charge in [-0.1, -0.05) is 90.8 Å². The van der Waals surface area contributed by atoms with E-state index >= 15 is 0 Å². The Kier molecular flexibility index (Phi) is 9.55. The average Bonchev–Trinajstić information content (AvgIpc) is 3.48. The second kappa shape index (κ2) is 12.6. The lowest BCUT2D eigenvalue weighted by Crippen LogP contribution is -2.65. The van der Waals surface area contributed by atoms with Crippen LogP contribution in [0.1, 0.15) is 72.9 Å². The molecule has 13 heteroatoms. The predicted molar refractivity (Wildman–Crippen MR) is 161 cm³/mol. The number of hydrogen-bond donors (Lipinski definition) is 0. The summed E-state index contributed by atoms with van der Waals surface area (Å²) in [4.78, 5) is 12.1. The molecular formula is C28H41N7O4Si2. The van der Waals surface area contributed by atoms with Gasteiger partial charge >= 0.3 is 17.1 Å². The van der Waals surface area contributed by atoms with Crippen molar-refractivity contribution in [1.82, 2.24) is 9.55 Å². The van der Waals surface area contributed by atoms with E-state index in [0.717, 1.165) is 5.56 Å². The predicted octanol–water partition coefficient (Wildman–Crippen LogP) is 7.04. The van der Waals surface area contributed by atoms with Gasteiger partial charge in [-0.15, -0.1) is 0 Å². The number of hydrogen-bond acceptors (Lipinski definition) is 8. The zero-order valence-corrected chi connectivity index (χ0v) is 27.1. The van der Waals surface area contributed by atoms with Gasteiger partial charge in [-0.25, -0.2) is 9.98 Å². The van der Waals surface area contributed by atoms with Gasteiger partial charge < -0.3 is 17.7 Å². The Morgan fingerprint density at radius 1 is 1.05 bits per heavy atom. The van der Waals surface area contributed by atoms with E-state index in [4.69, 9.17) is 17.7 Å². The first-order valence-corrected chi connectivity index (χ1v) is 18.2. The maximum atomic E-state index is 9.80. The molecule has 1 aromatic carbocycles. The Hall–Kier alpha value is -2.83. The van der Waals surface area contributed by atoms with E-state index in [1.54, 1.807) is 10.8 Å². The number of rotatable bonds is 8. The summed E-state index contributed by atoms with van der Waals surface area (Å²) >= 11 is 0. The van der Waals surface area contributed by atoms with Crippen LogP contribution in [0.4, 0.5) is 5.82 Å². The van der Waals surface area contributed by atoms with Gasteiger partial charge in [0, 0.05) is 11.1 Å². The minimum atomic E-state index is -2.98. The SMILES string of the molecule is CC(C)[Si]1(C(C)C)OC[C@H]2O[C@@H](n3cnc(C#N)c3N=Cc3ccccc3)[C@@H](N=[N+]=[N-])[C@@H]2O[Si](C(C)C)(C(C)C)O1. The number of imidazole rings is 1. The third-order valence-electron chi connectivity index (χ3n) is 8.11. The lowest BCUT2D eigenvalue weighted by Gasteiger charge is -2.51. The third-order valence-corrected chi connectivity index (χ3v) is 18.4. The molecule has 220 valence electrons. The van der Waals surface area contributed by atoms with Crippen molar-refractivity contribution in [3.8, 4) is 6.07 Å². The summed E-state index contributed by atoms with van der Waals surface area (Å²) in [5.74, 6) is 0.315. The Morgan fingerprint density at radius 3 is 2.24 bits per heavy atom. The van der Waals surface area contributed by atoms with Crippen LogP contribution < -0.4 is 0 Å². The van der Waals surface area contributed by atoms with Crippen molar-refractivity contribution in [1.29, 1.82) is 5.26 Å². The van der Waals surface area contributed by atoms with Crippen LogP contribution in [0.25, 0.3) is 10.4 Å². The topological polar surface area (TPSA) is 140 Å². The Bertz CT molecular complexity index is 1300. The summed E-state index contributed by atoms with van der Waals surface area (Å²) in [6.45, 7) is 17.5. The summed E-state index contributed by atoms with van der Waals surface area (Å²) < 4.78 is 29.5. The highest BCUT2D eigenvalue weighted by Gasteiger charge is 2.61. The molecule has 2 saturated heterocycles. The van der Waals surface area contributed by atoms with Crippen molar-refractivity contribution in [2.24, 2.45) is 10.1 Å². The molecule has 11 nitrogen and oxygen atoms in total. The van der Waals surface area contributed by atoms with Gasteiger partial charge in [0.1, 0.15) is 30.8 Å². The standard InChI is InChI=1S/C28H41N7O4Si2/c1-18(2)40(19(3)4)36-16-24-26(38-41(39-40,20(5)6)21(7)8)25(33-34-30)28(37-24)35-17-32-23(14-29)27(35)31-15-22-12-10-9-11-13-22/h9-13,15,17-21,24-26,28H,16H2,1-8H3/t24-,25+,26-,28-/m1/s1. The second-order valence-electron chi connectivity index (χ2n) is 11.9. The molecule has 0 amide bonds. The Labute approximate surface area is 244 Å². The Morgan fingerprint density at radius 2 is 1.68 bits per heavy atom. The van der Waals surface area contributed by atoms with Gasteiger partial charge in [0.25, 0.3) is 0 Å². The molecule has 41 heavy (non-hydrogen) atoms. The summed E-state index contributed by atoms with van der Waals surface area (Å²) in [5.41, 5.74) is 11.2. The van der Waals surface area contributed by atoms with Crippen molar-refractivity contribution < 1.29 is 17.7 Å². The minimum absolute atomic E-state index is 0.101. The van der Waals surface area contributed by atoms with Gasteiger partial charge in [0.05, 0.1) is 12.7 Å². The van der Waals surface area contributed by atoms with E-state index in [9.17, 15) is 10.8 Å². The molecule has 2 fully saturated rings. The maximum Gasteiger partial charge on any atom is 0.335 e. The molecule has 4 rings (SSSR count). The van der Waals surface area contributed by atoms with Crippen molar-refractivity contribution >= 4 is 29.2 Å². The van der Waals surface area contributed by atoms with Crippen LogP contribution in [-0.2, 0) is 17.7 Å². The molecule has 2 aliphatic heterocycles. The molecule has 0 aliphatic carbocycles. The van der Waals surface area contributed by atoms with Crippen LogP contribution >= 0.6 is 0 Å². The fourth-order valence-electron chi connectivity index (χ4n) is 5.97. The van der Waals surface area contributed by atoms with Crippen LogP contribution in [0, 0.1) is 11.3 Å². The van der Waals surface area contributed by atoms with Crippen LogP contribution in [0.2, 0.25) is 22.2 Å². The molecule has 2 aromatic rings. The average molecular weight is 596 g/mol. The zero-order chi connectivity index (χ0) is 29.9. The van der Waals surface area contributed by atoms with E-state index in [-0.39, 0.29) is 34.5 Å². The quantitative estimate of drug-likeness (QED) is 0.105. The molecule has 4 atom stereocenters. The summed E-state index contributed by atoms with van der Waals surface area (Å²) in [6.07, 6.45) is 1.24. The van der Waals surface area contributed by atoms with Gasteiger partial charge in [-0.3, -0.25) is 4.57 Å². The van der Waals surface area contributed by atoms with E-state index in [1.807, 2.05) is 30.3 Å². The first kappa shape index (κ1) is 31.1. The maximum absolute atomic E-state index is 9.80. The van der Waals surface area contributed by atoms with E-state index in [1.165, 1.54) is 6.33 Å². The highest BCUT2D eigenvalue weighted by atomic mass is 28.5. The fourth-order valence-corrected chi connectivity index (χ4v) is 17.2. The molecule has 3 heterocycles. The molecule has 0 bridgehead atoms. The lowest BCUT2D eigenvalue weighted by molar-refractivity contribution is -0.0550. The molecule has 1 aromatic heterocycles. The second-order valence-corrected chi connectivity index (χ2v) is 20.8. The number of nitriles is 1. The highest BCUT2D eigenvalue weighted by Crippen LogP contribution is 2.49. The number of aliphatic imine (C=N–C) groups is 1. The largest absolute Gasteiger partial charge is 0.414 e. The van der Waals surface area contributed by atoms with Crippen molar-refractivity contribution in [3.05, 3.63) is 58.4 Å². The van der Waals surface area contributed by atoms with Crippen LogP contribution in [0.3, 0.4) is 0 Å². The number of aromatic nitrogens is 2. The zero-order valence-electron chi connectivity index (χ0n) is 25.1. The number of azide groups is 1.